The molecule has 0 saturated carbocycles. The van der Waals surface area contributed by atoms with E-state index < -0.39 is 0 Å². The van der Waals surface area contributed by atoms with Crippen molar-refractivity contribution in [3.63, 3.8) is 0 Å². The first-order chi connectivity index (χ1) is 23.9. The molecule has 6 rings (SSSR count). The van der Waals surface area contributed by atoms with E-state index in [1.807, 2.05) is 48.1 Å². The Morgan fingerprint density at radius 2 is 1.84 bits per heavy atom. The maximum Gasteiger partial charge on any atom is 0.134 e. The second-order valence-corrected chi connectivity index (χ2v) is 13.6. The molecule has 0 amide bonds. The fraction of sp³-hybridized carbons (Fsp3) is 0.342. The van der Waals surface area contributed by atoms with Gasteiger partial charge in [0.05, 0.1) is 41.5 Å². The minimum Gasteiger partial charge on any atom is -0.492 e. The van der Waals surface area contributed by atoms with Gasteiger partial charge in [0, 0.05) is 58.6 Å². The van der Waals surface area contributed by atoms with E-state index in [1.165, 1.54) is 32.1 Å². The van der Waals surface area contributed by atoms with E-state index in [4.69, 9.17) is 26.2 Å². The molecular weight excluding hydrogens is 704 g/mol. The highest BCUT2D eigenvalue weighted by Crippen LogP contribution is 2.39. The summed E-state index contributed by atoms with van der Waals surface area (Å²) in [5.41, 5.74) is 6.03. The summed E-state index contributed by atoms with van der Waals surface area (Å²) in [6.45, 7) is 7.17. The van der Waals surface area contributed by atoms with Crippen LogP contribution in [0.2, 0.25) is 5.02 Å². The van der Waals surface area contributed by atoms with E-state index >= 15 is 0 Å². The van der Waals surface area contributed by atoms with Crippen LogP contribution in [0.4, 0.5) is 0 Å². The summed E-state index contributed by atoms with van der Waals surface area (Å²) in [6, 6.07) is 20.0. The van der Waals surface area contributed by atoms with Gasteiger partial charge in [-0.2, -0.15) is 10.4 Å². The minimum absolute atomic E-state index is 0.00966. The molecule has 1 saturated heterocycles. The number of hydrogen-bond donors (Lipinski definition) is 2. The number of halogens is 2. The Hall–Kier alpha value is -3.98. The highest BCUT2D eigenvalue weighted by Gasteiger charge is 2.17. The molecule has 0 radical (unpaired) electrons. The van der Waals surface area contributed by atoms with Crippen LogP contribution >= 0.6 is 27.5 Å². The summed E-state index contributed by atoms with van der Waals surface area (Å²) >= 11 is 10.7. The number of hydrogen-bond acceptors (Lipinski definition) is 8. The maximum absolute atomic E-state index is 9.54. The Balaban J connectivity index is 1.23. The van der Waals surface area contributed by atoms with Gasteiger partial charge in [-0.25, -0.2) is 0 Å². The number of pyridine rings is 1. The molecule has 2 N–H and O–H groups in total. The zero-order chi connectivity index (χ0) is 34.2. The Bertz CT molecular complexity index is 1940. The third kappa shape index (κ3) is 8.61. The molecule has 1 atom stereocenters. The number of aliphatic hydroxyl groups is 1. The van der Waals surface area contributed by atoms with Crippen molar-refractivity contribution < 1.29 is 14.6 Å². The zero-order valence-corrected chi connectivity index (χ0v) is 29.9. The SMILES string of the molecule is CC(CO)NCc1cc(Cl)c(Cn2ncc3c(-c4cccc(OCCCN5CCCC5)c4Br)cccc32)cc1OCc1cncc(C#N)c1. The van der Waals surface area contributed by atoms with Gasteiger partial charge < -0.3 is 24.8 Å². The van der Waals surface area contributed by atoms with Crippen molar-refractivity contribution in [1.29, 1.82) is 5.26 Å². The van der Waals surface area contributed by atoms with Crippen molar-refractivity contribution in [3.05, 3.63) is 105 Å². The lowest BCUT2D eigenvalue weighted by atomic mass is 10.0. The van der Waals surface area contributed by atoms with Crippen LogP contribution in [0.25, 0.3) is 22.0 Å². The predicted octanol–water partition coefficient (Wildman–Crippen LogP) is 7.35. The van der Waals surface area contributed by atoms with E-state index in [2.05, 4.69) is 55.4 Å². The lowest BCUT2D eigenvalue weighted by molar-refractivity contribution is 0.249. The van der Waals surface area contributed by atoms with Crippen molar-refractivity contribution in [1.82, 2.24) is 25.0 Å². The third-order valence-corrected chi connectivity index (χ3v) is 9.97. The number of likely N-dealkylation sites (tertiary alicyclic amines) is 1. The number of benzene rings is 3. The van der Waals surface area contributed by atoms with Crippen LogP contribution in [0.15, 0.2) is 77.7 Å². The van der Waals surface area contributed by atoms with Crippen LogP contribution < -0.4 is 14.8 Å². The lowest BCUT2D eigenvalue weighted by Crippen LogP contribution is -2.28. The van der Waals surface area contributed by atoms with Crippen LogP contribution in [0.1, 0.15) is 48.4 Å². The molecule has 3 aromatic carbocycles. The van der Waals surface area contributed by atoms with E-state index in [1.54, 1.807) is 12.3 Å². The minimum atomic E-state index is -0.0977. The van der Waals surface area contributed by atoms with E-state index in [0.29, 0.717) is 36.0 Å². The molecular formula is C38H40BrClN6O3. The van der Waals surface area contributed by atoms with Crippen LogP contribution in [-0.2, 0) is 19.7 Å². The van der Waals surface area contributed by atoms with Crippen molar-refractivity contribution in [2.45, 2.75) is 51.9 Å². The second kappa shape index (κ2) is 16.6. The van der Waals surface area contributed by atoms with Gasteiger partial charge >= 0.3 is 0 Å². The maximum atomic E-state index is 9.54. The quantitative estimate of drug-likeness (QED) is 0.107. The fourth-order valence-corrected chi connectivity index (χ4v) is 6.94. The van der Waals surface area contributed by atoms with Gasteiger partial charge in [0.25, 0.3) is 0 Å². The summed E-state index contributed by atoms with van der Waals surface area (Å²) in [7, 11) is 0. The third-order valence-electron chi connectivity index (χ3n) is 8.80. The zero-order valence-electron chi connectivity index (χ0n) is 27.5. The molecule has 0 spiro atoms. The van der Waals surface area contributed by atoms with Gasteiger partial charge in [0.1, 0.15) is 24.2 Å². The number of nitrogens with one attached hydrogen (secondary N) is 1. The smallest absolute Gasteiger partial charge is 0.134 e. The largest absolute Gasteiger partial charge is 0.492 e. The number of nitrogens with zero attached hydrogens (tertiary/aromatic N) is 5. The average Bonchev–Trinajstić information content (AvgIpc) is 3.80. The van der Waals surface area contributed by atoms with Crippen LogP contribution in [0, 0.1) is 11.3 Å². The molecule has 11 heteroatoms. The highest BCUT2D eigenvalue weighted by molar-refractivity contribution is 9.10. The number of fused-ring (bicyclic) bond motifs is 1. The van der Waals surface area contributed by atoms with Crippen LogP contribution in [0.3, 0.4) is 0 Å². The van der Waals surface area contributed by atoms with Crippen LogP contribution in [-0.4, -0.2) is 63.7 Å². The molecule has 1 aliphatic rings. The molecule has 1 fully saturated rings. The molecule has 0 aliphatic carbocycles. The fourth-order valence-electron chi connectivity index (χ4n) is 6.10. The standard InChI is InChI=1S/C38H40BrClN6O3/c1-26(24-47)43-21-29-16-34(40)30(17-37(29)49-25-28-15-27(18-41)19-42-20-28)23-46-35-9-4-7-31(33(35)22-44-46)32-8-5-10-36(38(32)39)48-14-6-13-45-11-2-3-12-45/h4-5,7-10,15-17,19-20,22,26,43,47H,2-3,6,11-14,21,23-25H2,1H3. The Morgan fingerprint density at radius 1 is 1.02 bits per heavy atom. The molecule has 254 valence electrons. The molecule has 1 unspecified atom stereocenters. The van der Waals surface area contributed by atoms with Gasteiger partial charge in [0.2, 0.25) is 0 Å². The molecule has 5 aromatic rings. The number of aliphatic hydroxyl groups excluding tert-OH is 1. The Morgan fingerprint density at radius 3 is 2.65 bits per heavy atom. The van der Waals surface area contributed by atoms with Crippen molar-refractivity contribution >= 4 is 38.4 Å². The summed E-state index contributed by atoms with van der Waals surface area (Å²) in [5, 5.41) is 28.5. The summed E-state index contributed by atoms with van der Waals surface area (Å²) in [6.07, 6.45) is 8.71. The number of nitriles is 1. The monoisotopic (exact) mass is 742 g/mol. The number of ether oxygens (including phenoxy) is 2. The average molecular weight is 744 g/mol. The van der Waals surface area contributed by atoms with E-state index in [0.717, 1.165) is 61.9 Å². The molecule has 9 nitrogen and oxygen atoms in total. The van der Waals surface area contributed by atoms with E-state index in [9.17, 15) is 10.4 Å². The first-order valence-electron chi connectivity index (χ1n) is 16.6. The lowest BCUT2D eigenvalue weighted by Gasteiger charge is -2.18. The molecule has 49 heavy (non-hydrogen) atoms. The first kappa shape index (κ1) is 34.9. The number of rotatable bonds is 15. The van der Waals surface area contributed by atoms with Crippen molar-refractivity contribution in [2.24, 2.45) is 0 Å². The van der Waals surface area contributed by atoms with Gasteiger partial charge in [-0.3, -0.25) is 9.67 Å². The first-order valence-corrected chi connectivity index (χ1v) is 17.8. The molecule has 2 aromatic heterocycles. The van der Waals surface area contributed by atoms with Gasteiger partial charge in [-0.05, 0) is 96.7 Å². The van der Waals surface area contributed by atoms with Gasteiger partial charge in [-0.1, -0.05) is 35.9 Å². The van der Waals surface area contributed by atoms with Crippen molar-refractivity contribution in [2.75, 3.05) is 32.8 Å². The van der Waals surface area contributed by atoms with E-state index in [-0.39, 0.29) is 19.3 Å². The normalized spacial score (nSPS) is 13.9. The second-order valence-electron chi connectivity index (χ2n) is 12.4. The summed E-state index contributed by atoms with van der Waals surface area (Å²) in [4.78, 5) is 6.66. The Kier molecular flexibility index (Phi) is 11.8. The molecule has 0 bridgehead atoms. The van der Waals surface area contributed by atoms with Gasteiger partial charge in [0.15, 0.2) is 0 Å². The molecule has 3 heterocycles. The highest BCUT2D eigenvalue weighted by atomic mass is 79.9. The summed E-state index contributed by atoms with van der Waals surface area (Å²) in [5.74, 6) is 1.48. The predicted molar refractivity (Wildman–Crippen MR) is 196 cm³/mol. The van der Waals surface area contributed by atoms with Crippen molar-refractivity contribution in [3.8, 4) is 28.7 Å². The van der Waals surface area contributed by atoms with Crippen LogP contribution in [0.5, 0.6) is 11.5 Å². The van der Waals surface area contributed by atoms with Gasteiger partial charge in [-0.15, -0.1) is 0 Å². The summed E-state index contributed by atoms with van der Waals surface area (Å²) < 4.78 is 15.4. The number of aromatic nitrogens is 3. The Labute approximate surface area is 300 Å². The molecule has 1 aliphatic heterocycles. The topological polar surface area (TPSA) is 108 Å².